The van der Waals surface area contributed by atoms with Crippen LogP contribution in [-0.2, 0) is 10.0 Å². The first-order valence-electron chi connectivity index (χ1n) is 11.2. The molecule has 13 heteroatoms. The monoisotopic (exact) mass is 504 g/mol. The summed E-state index contributed by atoms with van der Waals surface area (Å²) in [5.41, 5.74) is 1.28. The van der Waals surface area contributed by atoms with Gasteiger partial charge in [-0.1, -0.05) is 18.9 Å². The van der Waals surface area contributed by atoms with Gasteiger partial charge in [-0.25, -0.2) is 18.4 Å². The lowest BCUT2D eigenvalue weighted by atomic mass is 9.85. The Labute approximate surface area is 205 Å². The summed E-state index contributed by atoms with van der Waals surface area (Å²) >= 11 is 0. The predicted octanol–water partition coefficient (Wildman–Crippen LogP) is 3.13. The van der Waals surface area contributed by atoms with Gasteiger partial charge in [0.15, 0.2) is 5.69 Å². The molecule has 1 saturated carbocycles. The van der Waals surface area contributed by atoms with E-state index in [9.17, 15) is 8.42 Å². The number of allylic oxidation sites excluding steroid dienone is 1. The number of aliphatic imine (C=N–C) groups is 2. The third-order valence-corrected chi connectivity index (χ3v) is 7.83. The second-order valence-corrected chi connectivity index (χ2v) is 10.6. The molecule has 2 aromatic heterocycles. The SMILES string of the molecule is C=N/C(=N\C=C(C)C)[C@@H](C)[C@H](C)S(=O)(=O)Nc1nnc(C2CCC2)n1-c1c(OC)ncnc1OC. The van der Waals surface area contributed by atoms with Gasteiger partial charge in [-0.2, -0.15) is 9.97 Å². The molecule has 0 unspecified atom stereocenters. The zero-order chi connectivity index (χ0) is 25.8. The van der Waals surface area contributed by atoms with Gasteiger partial charge in [-0.15, -0.1) is 10.2 Å². The van der Waals surface area contributed by atoms with Gasteiger partial charge in [-0.05, 0) is 40.3 Å². The second-order valence-electron chi connectivity index (χ2n) is 8.58. The van der Waals surface area contributed by atoms with Crippen molar-refractivity contribution in [2.45, 2.75) is 58.1 Å². The van der Waals surface area contributed by atoms with Crippen LogP contribution in [0.15, 0.2) is 28.1 Å². The van der Waals surface area contributed by atoms with E-state index in [1.807, 2.05) is 13.8 Å². The second kappa shape index (κ2) is 10.9. The minimum atomic E-state index is -3.96. The third-order valence-electron chi connectivity index (χ3n) is 5.98. The molecule has 2 heterocycles. The summed E-state index contributed by atoms with van der Waals surface area (Å²) in [6.45, 7) is 10.6. The van der Waals surface area contributed by atoms with Crippen LogP contribution >= 0.6 is 0 Å². The summed E-state index contributed by atoms with van der Waals surface area (Å²) in [7, 11) is -1.04. The number of anilines is 1. The van der Waals surface area contributed by atoms with Gasteiger partial charge in [0.2, 0.25) is 27.7 Å². The number of rotatable bonds is 10. The molecule has 0 saturated heterocycles. The number of hydrogen-bond acceptors (Lipinski definition) is 9. The summed E-state index contributed by atoms with van der Waals surface area (Å²) in [6, 6.07) is 0. The Balaban J connectivity index is 2.06. The number of ether oxygens (including phenoxy) is 2. The number of aromatic nitrogens is 5. The lowest BCUT2D eigenvalue weighted by Gasteiger charge is -2.26. The van der Waals surface area contributed by atoms with E-state index in [0.717, 1.165) is 24.8 Å². The van der Waals surface area contributed by atoms with Crippen molar-refractivity contribution in [3.63, 3.8) is 0 Å². The summed E-state index contributed by atoms with van der Waals surface area (Å²) in [6.07, 6.45) is 5.80. The normalized spacial score (nSPS) is 16.1. The van der Waals surface area contributed by atoms with E-state index in [4.69, 9.17) is 9.47 Å². The smallest absolute Gasteiger partial charge is 0.245 e. The summed E-state index contributed by atoms with van der Waals surface area (Å²) in [5, 5.41) is 7.58. The lowest BCUT2D eigenvalue weighted by molar-refractivity contribution is 0.362. The third kappa shape index (κ3) is 5.50. The van der Waals surface area contributed by atoms with Gasteiger partial charge < -0.3 is 9.47 Å². The van der Waals surface area contributed by atoms with Gasteiger partial charge in [0.05, 0.1) is 19.5 Å². The van der Waals surface area contributed by atoms with Crippen LogP contribution < -0.4 is 14.2 Å². The average molecular weight is 505 g/mol. The van der Waals surface area contributed by atoms with Crippen molar-refractivity contribution in [3.8, 4) is 17.4 Å². The molecule has 2 atom stereocenters. The molecular weight excluding hydrogens is 472 g/mol. The highest BCUT2D eigenvalue weighted by Crippen LogP contribution is 2.40. The van der Waals surface area contributed by atoms with Crippen LogP contribution in [0.25, 0.3) is 5.69 Å². The molecule has 0 radical (unpaired) electrons. The number of methoxy groups -OCH3 is 2. The highest BCUT2D eigenvalue weighted by molar-refractivity contribution is 7.93. The van der Waals surface area contributed by atoms with Crippen molar-refractivity contribution in [3.05, 3.63) is 23.9 Å². The summed E-state index contributed by atoms with van der Waals surface area (Å²) in [5.74, 6) is 0.857. The zero-order valence-electron chi connectivity index (χ0n) is 20.9. The first-order chi connectivity index (χ1) is 16.6. The fraction of sp³-hybridized carbons (Fsp3) is 0.545. The number of nitrogens with one attached hydrogen (secondary N) is 1. The Hall–Kier alpha value is -3.35. The number of amidine groups is 1. The Morgan fingerprint density at radius 3 is 2.31 bits per heavy atom. The van der Waals surface area contributed by atoms with Gasteiger partial charge in [0, 0.05) is 18.0 Å². The Kier molecular flexibility index (Phi) is 8.20. The van der Waals surface area contributed by atoms with Crippen LogP contribution in [0.5, 0.6) is 11.8 Å². The molecule has 0 aliphatic heterocycles. The van der Waals surface area contributed by atoms with Crippen LogP contribution in [0.4, 0.5) is 5.95 Å². The minimum Gasteiger partial charge on any atom is -0.479 e. The van der Waals surface area contributed by atoms with Crippen LogP contribution in [-0.4, -0.2) is 65.2 Å². The lowest BCUT2D eigenvalue weighted by Crippen LogP contribution is -2.35. The molecule has 12 nitrogen and oxygen atoms in total. The molecule has 3 rings (SSSR count). The van der Waals surface area contributed by atoms with E-state index in [1.54, 1.807) is 24.6 Å². The number of sulfonamides is 1. The molecule has 190 valence electrons. The predicted molar refractivity (Wildman–Crippen MR) is 134 cm³/mol. The van der Waals surface area contributed by atoms with Crippen molar-refractivity contribution in [1.82, 2.24) is 24.7 Å². The Morgan fingerprint density at radius 1 is 1.20 bits per heavy atom. The first-order valence-corrected chi connectivity index (χ1v) is 12.8. The largest absolute Gasteiger partial charge is 0.479 e. The van der Waals surface area contributed by atoms with Crippen LogP contribution in [0.1, 0.15) is 58.7 Å². The fourth-order valence-corrected chi connectivity index (χ4v) is 4.78. The highest BCUT2D eigenvalue weighted by Gasteiger charge is 2.35. The molecule has 35 heavy (non-hydrogen) atoms. The molecule has 1 N–H and O–H groups in total. The quantitative estimate of drug-likeness (QED) is 0.383. The zero-order valence-corrected chi connectivity index (χ0v) is 21.7. The van der Waals surface area contributed by atoms with Crippen molar-refractivity contribution >= 4 is 28.5 Å². The summed E-state index contributed by atoms with van der Waals surface area (Å²) < 4.78 is 41.9. The first kappa shape index (κ1) is 26.3. The van der Waals surface area contributed by atoms with Crippen LogP contribution in [0, 0.1) is 5.92 Å². The average Bonchev–Trinajstić information content (AvgIpc) is 3.18. The molecule has 1 aliphatic rings. The van der Waals surface area contributed by atoms with E-state index in [1.165, 1.54) is 20.5 Å². The topological polar surface area (TPSA) is 146 Å². The minimum absolute atomic E-state index is 0.00769. The molecule has 0 spiro atoms. The maximum absolute atomic E-state index is 13.4. The van der Waals surface area contributed by atoms with Crippen molar-refractivity contribution in [2.75, 3.05) is 18.9 Å². The van der Waals surface area contributed by atoms with Crippen LogP contribution in [0.2, 0.25) is 0 Å². The summed E-state index contributed by atoms with van der Waals surface area (Å²) in [4.78, 5) is 16.6. The molecule has 1 fully saturated rings. The standard InChI is InChI=1S/C22H32N8O4S/c1-13(2)11-24-18(23-5)14(3)15(4)35(31,32)29-22-28-27-19(16-9-8-10-16)30(22)17-20(33-6)25-12-26-21(17)34-7/h11-12,14-16H,5,8-10H2,1-4,6-7H3,(H,28,29)/b24-18-/t14-,15-/m0/s1. The Bertz CT molecular complexity index is 1210. The molecule has 0 amide bonds. The molecule has 1 aliphatic carbocycles. The van der Waals surface area contributed by atoms with E-state index in [0.29, 0.717) is 17.3 Å². The maximum Gasteiger partial charge on any atom is 0.245 e. The van der Waals surface area contributed by atoms with Crippen LogP contribution in [0.3, 0.4) is 0 Å². The molecule has 2 aromatic rings. The highest BCUT2D eigenvalue weighted by atomic mass is 32.2. The van der Waals surface area contributed by atoms with Crippen molar-refractivity contribution in [2.24, 2.45) is 15.9 Å². The van der Waals surface area contributed by atoms with E-state index in [2.05, 4.69) is 41.6 Å². The van der Waals surface area contributed by atoms with Crippen molar-refractivity contribution in [1.29, 1.82) is 0 Å². The maximum atomic E-state index is 13.4. The van der Waals surface area contributed by atoms with E-state index >= 15 is 0 Å². The number of nitrogens with zero attached hydrogens (tertiary/aromatic N) is 7. The van der Waals surface area contributed by atoms with Gasteiger partial charge in [0.25, 0.3) is 0 Å². The molecule has 0 aromatic carbocycles. The van der Waals surface area contributed by atoms with Gasteiger partial charge in [-0.3, -0.25) is 9.29 Å². The fourth-order valence-electron chi connectivity index (χ4n) is 3.55. The van der Waals surface area contributed by atoms with Gasteiger partial charge in [0.1, 0.15) is 18.0 Å². The molecular formula is C22H32N8O4S. The number of hydrogen-bond donors (Lipinski definition) is 1. The van der Waals surface area contributed by atoms with E-state index in [-0.39, 0.29) is 23.6 Å². The van der Waals surface area contributed by atoms with E-state index < -0.39 is 21.2 Å². The van der Waals surface area contributed by atoms with Gasteiger partial charge >= 0.3 is 0 Å². The molecule has 0 bridgehead atoms. The van der Waals surface area contributed by atoms with Crippen molar-refractivity contribution < 1.29 is 17.9 Å². The Morgan fingerprint density at radius 2 is 1.83 bits per heavy atom.